The van der Waals surface area contributed by atoms with E-state index >= 15 is 0 Å². The number of nitrogens with one attached hydrogen (secondary N) is 1. The number of nitrogens with zero attached hydrogens (tertiary/aromatic N) is 2. The Labute approximate surface area is 122 Å². The number of anilines is 1. The van der Waals surface area contributed by atoms with Crippen molar-refractivity contribution in [2.45, 2.75) is 13.0 Å². The molecule has 5 heteroatoms. The van der Waals surface area contributed by atoms with E-state index in [1.807, 2.05) is 38.2 Å². The summed E-state index contributed by atoms with van der Waals surface area (Å²) in [5.41, 5.74) is 0.918. The lowest BCUT2D eigenvalue weighted by molar-refractivity contribution is -0.123. The zero-order chi connectivity index (χ0) is 13.8. The normalized spacial score (nSPS) is 18.1. The molecule has 1 atom stereocenters. The summed E-state index contributed by atoms with van der Waals surface area (Å²) in [5.74, 6) is 0.139. The lowest BCUT2D eigenvalue weighted by Crippen LogP contribution is -2.53. The topological polar surface area (TPSA) is 35.6 Å². The van der Waals surface area contributed by atoms with Crippen LogP contribution in [-0.4, -0.2) is 50.1 Å². The quantitative estimate of drug-likeness (QED) is 0.918. The number of piperazine rings is 1. The molecule has 1 fully saturated rings. The fourth-order valence-corrected chi connectivity index (χ4v) is 2.71. The van der Waals surface area contributed by atoms with E-state index in [0.29, 0.717) is 0 Å². The van der Waals surface area contributed by atoms with Crippen molar-refractivity contribution in [2.75, 3.05) is 38.1 Å². The largest absolute Gasteiger partial charge is 0.314 e. The molecule has 0 aliphatic carbocycles. The standard InChI is InChI=1S/C14H20BrN3O/c1-11(18-8-6-16-7-9-18)14(19)17(2)13-5-3-4-12(15)10-13/h3-5,10-11,16H,6-9H2,1-2H3. The van der Waals surface area contributed by atoms with Crippen molar-refractivity contribution in [3.05, 3.63) is 28.7 Å². The molecular formula is C14H20BrN3O. The maximum atomic E-state index is 12.5. The van der Waals surface area contributed by atoms with E-state index in [1.54, 1.807) is 4.90 Å². The molecule has 1 aromatic carbocycles. The fourth-order valence-electron chi connectivity index (χ4n) is 2.32. The van der Waals surface area contributed by atoms with Crippen molar-refractivity contribution in [3.63, 3.8) is 0 Å². The van der Waals surface area contributed by atoms with Crippen LogP contribution in [0, 0.1) is 0 Å². The number of hydrogen-bond donors (Lipinski definition) is 1. The predicted molar refractivity (Wildman–Crippen MR) is 81.5 cm³/mol. The zero-order valence-electron chi connectivity index (χ0n) is 11.4. The SMILES string of the molecule is CC(C(=O)N(C)c1cccc(Br)c1)N1CCNCC1. The van der Waals surface area contributed by atoms with Gasteiger partial charge in [-0.05, 0) is 25.1 Å². The van der Waals surface area contributed by atoms with Crippen LogP contribution in [0.15, 0.2) is 28.7 Å². The number of carbonyl (C=O) groups is 1. The molecule has 2 rings (SSSR count). The average Bonchev–Trinajstić information content (AvgIpc) is 2.46. The summed E-state index contributed by atoms with van der Waals surface area (Å²) in [6.07, 6.45) is 0. The molecule has 19 heavy (non-hydrogen) atoms. The Morgan fingerprint density at radius 2 is 2.11 bits per heavy atom. The Morgan fingerprint density at radius 3 is 2.74 bits per heavy atom. The first-order valence-electron chi connectivity index (χ1n) is 6.57. The second kappa shape index (κ2) is 6.50. The Balaban J connectivity index is 2.05. The van der Waals surface area contributed by atoms with Crippen LogP contribution in [-0.2, 0) is 4.79 Å². The van der Waals surface area contributed by atoms with Gasteiger partial charge in [0.15, 0.2) is 0 Å². The van der Waals surface area contributed by atoms with Crippen molar-refractivity contribution in [1.82, 2.24) is 10.2 Å². The van der Waals surface area contributed by atoms with Crippen molar-refractivity contribution in [1.29, 1.82) is 0 Å². The molecule has 0 bridgehead atoms. The highest BCUT2D eigenvalue weighted by Crippen LogP contribution is 2.20. The van der Waals surface area contributed by atoms with Crippen LogP contribution in [0.4, 0.5) is 5.69 Å². The molecule has 1 saturated heterocycles. The predicted octanol–water partition coefficient (Wildman–Crippen LogP) is 1.71. The molecule has 4 nitrogen and oxygen atoms in total. The maximum absolute atomic E-state index is 12.5. The van der Waals surface area contributed by atoms with E-state index in [4.69, 9.17) is 0 Å². The van der Waals surface area contributed by atoms with Crippen LogP contribution in [0.5, 0.6) is 0 Å². The van der Waals surface area contributed by atoms with Gasteiger partial charge in [-0.25, -0.2) is 0 Å². The highest BCUT2D eigenvalue weighted by atomic mass is 79.9. The van der Waals surface area contributed by atoms with Crippen molar-refractivity contribution < 1.29 is 4.79 Å². The third-order valence-corrected chi connectivity index (χ3v) is 4.08. The van der Waals surface area contributed by atoms with Gasteiger partial charge in [0.2, 0.25) is 5.91 Å². The van der Waals surface area contributed by atoms with Gasteiger partial charge in [0, 0.05) is 43.4 Å². The van der Waals surface area contributed by atoms with Crippen molar-refractivity contribution in [3.8, 4) is 0 Å². The summed E-state index contributed by atoms with van der Waals surface area (Å²) in [6.45, 7) is 5.76. The summed E-state index contributed by atoms with van der Waals surface area (Å²) >= 11 is 3.44. The Kier molecular flexibility index (Phi) is 4.96. The van der Waals surface area contributed by atoms with Crippen molar-refractivity contribution in [2.24, 2.45) is 0 Å². The Hall–Kier alpha value is -0.910. The van der Waals surface area contributed by atoms with Gasteiger partial charge >= 0.3 is 0 Å². The van der Waals surface area contributed by atoms with E-state index in [2.05, 4.69) is 26.1 Å². The number of benzene rings is 1. The fraction of sp³-hybridized carbons (Fsp3) is 0.500. The number of amides is 1. The van der Waals surface area contributed by atoms with Gasteiger partial charge < -0.3 is 10.2 Å². The number of rotatable bonds is 3. The molecule has 1 aliphatic heterocycles. The van der Waals surface area contributed by atoms with Crippen LogP contribution >= 0.6 is 15.9 Å². The number of likely N-dealkylation sites (N-methyl/N-ethyl adjacent to an activating group) is 1. The summed E-state index contributed by atoms with van der Waals surface area (Å²) in [4.78, 5) is 16.5. The minimum atomic E-state index is -0.0777. The second-order valence-electron chi connectivity index (χ2n) is 4.84. The van der Waals surface area contributed by atoms with Gasteiger partial charge in [0.05, 0.1) is 6.04 Å². The molecule has 0 saturated carbocycles. The minimum absolute atomic E-state index is 0.0777. The monoisotopic (exact) mass is 325 g/mol. The molecule has 1 unspecified atom stereocenters. The van der Waals surface area contributed by atoms with E-state index in [-0.39, 0.29) is 11.9 Å². The third-order valence-electron chi connectivity index (χ3n) is 3.58. The summed E-state index contributed by atoms with van der Waals surface area (Å²) in [6, 6.07) is 7.74. The van der Waals surface area contributed by atoms with Crippen molar-refractivity contribution >= 4 is 27.5 Å². The van der Waals surface area contributed by atoms with Gasteiger partial charge in [0.1, 0.15) is 0 Å². The summed E-state index contributed by atoms with van der Waals surface area (Å²) < 4.78 is 0.986. The summed E-state index contributed by atoms with van der Waals surface area (Å²) in [7, 11) is 1.84. The molecule has 1 amide bonds. The minimum Gasteiger partial charge on any atom is -0.314 e. The maximum Gasteiger partial charge on any atom is 0.243 e. The van der Waals surface area contributed by atoms with Crippen LogP contribution in [0.1, 0.15) is 6.92 Å². The molecule has 104 valence electrons. The van der Waals surface area contributed by atoms with E-state index in [1.165, 1.54) is 0 Å². The molecule has 0 spiro atoms. The molecule has 0 radical (unpaired) electrons. The molecule has 1 heterocycles. The first-order chi connectivity index (χ1) is 9.09. The first kappa shape index (κ1) is 14.5. The van der Waals surface area contributed by atoms with Gasteiger partial charge in [-0.1, -0.05) is 22.0 Å². The molecule has 1 aromatic rings. The molecule has 0 aromatic heterocycles. The van der Waals surface area contributed by atoms with E-state index in [0.717, 1.165) is 36.3 Å². The van der Waals surface area contributed by atoms with Gasteiger partial charge in [0.25, 0.3) is 0 Å². The first-order valence-corrected chi connectivity index (χ1v) is 7.37. The van der Waals surface area contributed by atoms with E-state index in [9.17, 15) is 4.79 Å². The van der Waals surface area contributed by atoms with Crippen LogP contribution in [0.25, 0.3) is 0 Å². The van der Waals surface area contributed by atoms with Crippen LogP contribution < -0.4 is 10.2 Å². The third kappa shape index (κ3) is 3.55. The smallest absolute Gasteiger partial charge is 0.243 e. The summed E-state index contributed by atoms with van der Waals surface area (Å²) in [5, 5.41) is 3.30. The van der Waals surface area contributed by atoms with Crippen LogP contribution in [0.2, 0.25) is 0 Å². The van der Waals surface area contributed by atoms with Gasteiger partial charge in [-0.3, -0.25) is 9.69 Å². The van der Waals surface area contributed by atoms with Gasteiger partial charge in [-0.2, -0.15) is 0 Å². The second-order valence-corrected chi connectivity index (χ2v) is 5.75. The zero-order valence-corrected chi connectivity index (χ0v) is 13.0. The number of hydrogen-bond acceptors (Lipinski definition) is 3. The highest BCUT2D eigenvalue weighted by molar-refractivity contribution is 9.10. The van der Waals surface area contributed by atoms with Gasteiger partial charge in [-0.15, -0.1) is 0 Å². The lowest BCUT2D eigenvalue weighted by atomic mass is 10.2. The number of carbonyl (C=O) groups excluding carboxylic acids is 1. The lowest BCUT2D eigenvalue weighted by Gasteiger charge is -2.34. The van der Waals surface area contributed by atoms with Crippen LogP contribution in [0.3, 0.4) is 0 Å². The Morgan fingerprint density at radius 1 is 1.42 bits per heavy atom. The molecule has 1 aliphatic rings. The molecule has 1 N–H and O–H groups in total. The Bertz CT molecular complexity index is 446. The van der Waals surface area contributed by atoms with E-state index < -0.39 is 0 Å². The highest BCUT2D eigenvalue weighted by Gasteiger charge is 2.25. The number of halogens is 1. The average molecular weight is 326 g/mol. The molecular weight excluding hydrogens is 306 g/mol.